The first-order chi connectivity index (χ1) is 14.3. The number of hydrogen-bond acceptors (Lipinski definition) is 8. The molecule has 1 rings (SSSR count). The first-order valence-corrected chi connectivity index (χ1v) is 9.86. The number of ether oxygens (including phenoxy) is 3. The Hall–Kier alpha value is -2.71. The lowest BCUT2D eigenvalue weighted by atomic mass is 9.89. The van der Waals surface area contributed by atoms with Gasteiger partial charge in [0.25, 0.3) is 0 Å². The molecule has 0 amide bonds. The number of carbonyl (C=O) groups excluding carboxylic acids is 3. The number of ketones is 1. The largest absolute Gasteiger partial charge is 0.492 e. The van der Waals surface area contributed by atoms with Crippen molar-refractivity contribution in [2.24, 2.45) is 5.92 Å². The van der Waals surface area contributed by atoms with Crippen LogP contribution in [0.4, 0.5) is 0 Å². The van der Waals surface area contributed by atoms with Gasteiger partial charge in [-0.3, -0.25) is 4.79 Å². The summed E-state index contributed by atoms with van der Waals surface area (Å²) >= 11 is 0. The van der Waals surface area contributed by atoms with Gasteiger partial charge < -0.3 is 24.4 Å². The Kier molecular flexibility index (Phi) is 10.8. The highest BCUT2D eigenvalue weighted by Gasteiger charge is 2.25. The van der Waals surface area contributed by atoms with Crippen molar-refractivity contribution in [2.75, 3.05) is 20.8 Å². The van der Waals surface area contributed by atoms with E-state index in [0.29, 0.717) is 17.5 Å². The molecule has 0 aliphatic carbocycles. The molecule has 0 radical (unpaired) electrons. The van der Waals surface area contributed by atoms with Gasteiger partial charge in [-0.25, -0.2) is 9.59 Å². The van der Waals surface area contributed by atoms with E-state index >= 15 is 0 Å². The van der Waals surface area contributed by atoms with E-state index in [-0.39, 0.29) is 23.2 Å². The normalized spacial score (nSPS) is 13.0. The zero-order valence-electron chi connectivity index (χ0n) is 17.8. The van der Waals surface area contributed by atoms with Gasteiger partial charge in [0.2, 0.25) is 0 Å². The fourth-order valence-corrected chi connectivity index (χ4v) is 2.94. The second-order valence-corrected chi connectivity index (χ2v) is 6.65. The Morgan fingerprint density at radius 1 is 1.10 bits per heavy atom. The van der Waals surface area contributed by atoms with Crippen LogP contribution in [-0.4, -0.2) is 54.9 Å². The number of hydrogen-bond donors (Lipinski definition) is 2. The second-order valence-electron chi connectivity index (χ2n) is 6.65. The van der Waals surface area contributed by atoms with Gasteiger partial charge in [-0.05, 0) is 25.0 Å². The molecule has 0 saturated heterocycles. The monoisotopic (exact) mass is 422 g/mol. The molecular weight excluding hydrogens is 392 g/mol. The molecule has 30 heavy (non-hydrogen) atoms. The van der Waals surface area contributed by atoms with Crippen LogP contribution in [0.2, 0.25) is 0 Å². The molecule has 0 bridgehead atoms. The van der Waals surface area contributed by atoms with Crippen LogP contribution in [0.5, 0.6) is 11.5 Å². The van der Waals surface area contributed by atoms with E-state index in [0.717, 1.165) is 25.3 Å². The number of Topliss-reactive ketones (excluding diaryl/α,β-unsaturated/α-hetero) is 1. The van der Waals surface area contributed by atoms with E-state index < -0.39 is 24.6 Å². The Morgan fingerprint density at radius 3 is 2.30 bits per heavy atom. The number of aliphatic hydroxyl groups is 2. The fraction of sp³-hybridized carbons (Fsp3) is 0.500. The summed E-state index contributed by atoms with van der Waals surface area (Å²) in [7, 11) is 2.84. The molecule has 2 unspecified atom stereocenters. The molecule has 0 aromatic heterocycles. The molecule has 0 spiro atoms. The molecule has 0 saturated carbocycles. The third kappa shape index (κ3) is 6.67. The molecule has 2 N–H and O–H groups in total. The van der Waals surface area contributed by atoms with Crippen LogP contribution in [0.1, 0.15) is 55.5 Å². The molecule has 1 aromatic rings. The van der Waals surface area contributed by atoms with E-state index in [1.165, 1.54) is 20.3 Å². The number of aliphatic hydroxyl groups excluding tert-OH is 2. The summed E-state index contributed by atoms with van der Waals surface area (Å²) in [5, 5.41) is 17.8. The molecule has 8 heteroatoms. The Morgan fingerprint density at radius 2 is 1.77 bits per heavy atom. The minimum absolute atomic E-state index is 0.0281. The third-order valence-corrected chi connectivity index (χ3v) is 4.63. The van der Waals surface area contributed by atoms with Gasteiger partial charge in [0, 0.05) is 17.6 Å². The lowest BCUT2D eigenvalue weighted by molar-refractivity contribution is -0.164. The Bertz CT molecular complexity index is 769. The molecule has 0 aliphatic heterocycles. The third-order valence-electron chi connectivity index (χ3n) is 4.63. The van der Waals surface area contributed by atoms with Gasteiger partial charge in [0.05, 0.1) is 26.4 Å². The van der Waals surface area contributed by atoms with E-state index in [4.69, 9.17) is 19.7 Å². The van der Waals surface area contributed by atoms with Crippen molar-refractivity contribution in [3.63, 3.8) is 0 Å². The number of unbranched alkanes of at least 4 members (excludes halogenated alkanes) is 1. The number of rotatable bonds is 12. The average Bonchev–Trinajstić information content (AvgIpc) is 2.76. The first-order valence-electron chi connectivity index (χ1n) is 9.86. The van der Waals surface area contributed by atoms with Crippen LogP contribution in [0.3, 0.4) is 0 Å². The van der Waals surface area contributed by atoms with Gasteiger partial charge >= 0.3 is 11.9 Å². The van der Waals surface area contributed by atoms with Crippen LogP contribution in [0.15, 0.2) is 18.2 Å². The highest BCUT2D eigenvalue weighted by atomic mass is 16.6. The maximum atomic E-state index is 13.0. The SMILES string of the molecule is CCCCC(CC)C(=O)c1ccc(/C=C/C(=O)OC(=O)C(O)CO)c(OC)c1OC. The highest BCUT2D eigenvalue weighted by Crippen LogP contribution is 2.37. The van der Waals surface area contributed by atoms with Crippen LogP contribution in [-0.2, 0) is 14.3 Å². The van der Waals surface area contributed by atoms with Crippen molar-refractivity contribution in [1.82, 2.24) is 0 Å². The first kappa shape index (κ1) is 25.3. The van der Waals surface area contributed by atoms with Crippen molar-refractivity contribution in [1.29, 1.82) is 0 Å². The summed E-state index contributed by atoms with van der Waals surface area (Å²) in [5.74, 6) is -1.91. The second kappa shape index (κ2) is 12.8. The maximum absolute atomic E-state index is 13.0. The van der Waals surface area contributed by atoms with E-state index in [1.54, 1.807) is 12.1 Å². The van der Waals surface area contributed by atoms with Gasteiger partial charge in [-0.15, -0.1) is 0 Å². The van der Waals surface area contributed by atoms with E-state index in [1.807, 2.05) is 6.92 Å². The zero-order valence-corrected chi connectivity index (χ0v) is 17.8. The van der Waals surface area contributed by atoms with Crippen LogP contribution in [0, 0.1) is 5.92 Å². The summed E-state index contributed by atoms with van der Waals surface area (Å²) in [5.41, 5.74) is 0.831. The topological polar surface area (TPSA) is 119 Å². The number of benzene rings is 1. The molecule has 166 valence electrons. The standard InChI is InChI=1S/C22H30O8/c1-5-7-8-14(6-2)19(26)16-11-9-15(20(28-3)21(16)29-4)10-12-18(25)30-22(27)17(24)13-23/h9-12,14,17,23-24H,5-8,13H2,1-4H3/b12-10+. The highest BCUT2D eigenvalue weighted by molar-refractivity contribution is 6.02. The Balaban J connectivity index is 3.15. The fourth-order valence-electron chi connectivity index (χ4n) is 2.94. The Labute approximate surface area is 176 Å². The summed E-state index contributed by atoms with van der Waals surface area (Å²) in [6.07, 6.45) is 3.98. The van der Waals surface area contributed by atoms with Crippen molar-refractivity contribution in [3.05, 3.63) is 29.3 Å². The molecule has 8 nitrogen and oxygen atoms in total. The minimum atomic E-state index is -1.79. The van der Waals surface area contributed by atoms with Gasteiger partial charge in [-0.2, -0.15) is 0 Å². The molecule has 1 aromatic carbocycles. The molecule has 0 heterocycles. The number of methoxy groups -OCH3 is 2. The zero-order chi connectivity index (χ0) is 22.7. The quantitative estimate of drug-likeness (QED) is 0.228. The van der Waals surface area contributed by atoms with Gasteiger partial charge in [0.1, 0.15) is 0 Å². The molecule has 0 fully saturated rings. The summed E-state index contributed by atoms with van der Waals surface area (Å²) in [6.45, 7) is 3.19. The van der Waals surface area contributed by atoms with Gasteiger partial charge in [0.15, 0.2) is 23.4 Å². The summed E-state index contributed by atoms with van der Waals surface area (Å²) in [4.78, 5) is 36.1. The van der Waals surface area contributed by atoms with Crippen molar-refractivity contribution in [3.8, 4) is 11.5 Å². The van der Waals surface area contributed by atoms with Crippen molar-refractivity contribution < 1.29 is 38.8 Å². The lowest BCUT2D eigenvalue weighted by Crippen LogP contribution is -2.28. The minimum Gasteiger partial charge on any atom is -0.492 e. The summed E-state index contributed by atoms with van der Waals surface area (Å²) < 4.78 is 15.2. The van der Waals surface area contributed by atoms with Gasteiger partial charge in [-0.1, -0.05) is 32.8 Å². The molecular formula is C22H30O8. The van der Waals surface area contributed by atoms with Crippen molar-refractivity contribution in [2.45, 2.75) is 45.6 Å². The predicted octanol–water partition coefficient (Wildman–Crippen LogP) is 2.54. The van der Waals surface area contributed by atoms with Crippen LogP contribution >= 0.6 is 0 Å². The number of esters is 2. The predicted molar refractivity (Wildman–Crippen MR) is 110 cm³/mol. The van der Waals surface area contributed by atoms with E-state index in [9.17, 15) is 14.4 Å². The lowest BCUT2D eigenvalue weighted by Gasteiger charge is -2.18. The smallest absolute Gasteiger partial charge is 0.345 e. The van der Waals surface area contributed by atoms with Crippen molar-refractivity contribution >= 4 is 23.8 Å². The van der Waals surface area contributed by atoms with Crippen LogP contribution < -0.4 is 9.47 Å². The molecule has 0 aliphatic rings. The average molecular weight is 422 g/mol. The summed E-state index contributed by atoms with van der Waals surface area (Å²) in [6, 6.07) is 3.22. The van der Waals surface area contributed by atoms with E-state index in [2.05, 4.69) is 11.7 Å². The number of carbonyl (C=O) groups is 3. The maximum Gasteiger partial charge on any atom is 0.345 e. The molecule has 2 atom stereocenters. The van der Waals surface area contributed by atoms with Crippen LogP contribution in [0.25, 0.3) is 6.08 Å².